The van der Waals surface area contributed by atoms with Gasteiger partial charge in [0.1, 0.15) is 0 Å². The smallest absolute Gasteiger partial charge is 0.306 e. The molecular formula is C22H32N2O5S. The molecule has 1 aliphatic heterocycles. The van der Waals surface area contributed by atoms with Crippen molar-refractivity contribution in [1.82, 2.24) is 4.31 Å². The van der Waals surface area contributed by atoms with Gasteiger partial charge in [-0.1, -0.05) is 38.2 Å². The molecule has 1 aromatic carbocycles. The third-order valence-electron chi connectivity index (χ3n) is 5.90. The maximum absolute atomic E-state index is 12.6. The van der Waals surface area contributed by atoms with Crippen LogP contribution in [0.5, 0.6) is 0 Å². The molecule has 30 heavy (non-hydrogen) atoms. The normalized spacial score (nSPS) is 18.3. The fourth-order valence-corrected chi connectivity index (χ4v) is 5.80. The molecule has 0 bridgehead atoms. The predicted molar refractivity (Wildman–Crippen MR) is 114 cm³/mol. The van der Waals surface area contributed by atoms with Crippen molar-refractivity contribution in [3.8, 4) is 0 Å². The highest BCUT2D eigenvalue weighted by Gasteiger charge is 2.27. The van der Waals surface area contributed by atoms with Gasteiger partial charge in [-0.15, -0.1) is 0 Å². The van der Waals surface area contributed by atoms with Crippen molar-refractivity contribution < 1.29 is 22.7 Å². The van der Waals surface area contributed by atoms with Crippen molar-refractivity contribution in [2.45, 2.75) is 69.1 Å². The molecule has 0 unspecified atom stereocenters. The predicted octanol–water partition coefficient (Wildman–Crippen LogP) is 3.70. The minimum Gasteiger partial charge on any atom is -0.456 e. The van der Waals surface area contributed by atoms with Crippen LogP contribution < -0.4 is 5.32 Å². The Morgan fingerprint density at radius 2 is 1.80 bits per heavy atom. The van der Waals surface area contributed by atoms with Gasteiger partial charge in [-0.05, 0) is 49.8 Å². The number of benzene rings is 1. The van der Waals surface area contributed by atoms with E-state index in [1.807, 2.05) is 0 Å². The maximum atomic E-state index is 12.6. The fourth-order valence-electron chi connectivity index (χ4n) is 4.24. The van der Waals surface area contributed by atoms with Gasteiger partial charge in [0.15, 0.2) is 6.61 Å². The molecular weight excluding hydrogens is 404 g/mol. The summed E-state index contributed by atoms with van der Waals surface area (Å²) in [4.78, 5) is 24.1. The van der Waals surface area contributed by atoms with Gasteiger partial charge < -0.3 is 10.1 Å². The summed E-state index contributed by atoms with van der Waals surface area (Å²) in [6.07, 6.45) is 10.3. The van der Waals surface area contributed by atoms with Gasteiger partial charge in [0.05, 0.1) is 4.90 Å². The number of esters is 1. The Hall–Kier alpha value is -1.93. The van der Waals surface area contributed by atoms with Crippen molar-refractivity contribution >= 4 is 27.6 Å². The lowest BCUT2D eigenvalue weighted by atomic mass is 9.86. The molecule has 1 aromatic rings. The van der Waals surface area contributed by atoms with Crippen LogP contribution in [0.2, 0.25) is 0 Å². The monoisotopic (exact) mass is 436 g/mol. The molecule has 1 aliphatic carbocycles. The van der Waals surface area contributed by atoms with Gasteiger partial charge in [-0.25, -0.2) is 8.42 Å². The number of carbonyl (C=O) groups excluding carboxylic acids is 2. The molecule has 1 saturated heterocycles. The fraction of sp³-hybridized carbons (Fsp3) is 0.636. The van der Waals surface area contributed by atoms with Crippen molar-refractivity contribution in [1.29, 1.82) is 0 Å². The van der Waals surface area contributed by atoms with E-state index in [1.165, 1.54) is 48.5 Å². The van der Waals surface area contributed by atoms with E-state index in [0.29, 0.717) is 25.2 Å². The Morgan fingerprint density at radius 1 is 1.07 bits per heavy atom. The van der Waals surface area contributed by atoms with Gasteiger partial charge in [-0.3, -0.25) is 9.59 Å². The maximum Gasteiger partial charge on any atom is 0.306 e. The van der Waals surface area contributed by atoms with Crippen LogP contribution in [-0.4, -0.2) is 44.3 Å². The summed E-state index contributed by atoms with van der Waals surface area (Å²) in [5, 5.41) is 2.61. The number of ether oxygens (including phenoxy) is 1. The number of hydrogen-bond donors (Lipinski definition) is 1. The molecule has 1 amide bonds. The molecule has 7 nitrogen and oxygen atoms in total. The Morgan fingerprint density at radius 3 is 2.53 bits per heavy atom. The van der Waals surface area contributed by atoms with Crippen LogP contribution in [0.4, 0.5) is 5.69 Å². The Balaban J connectivity index is 1.41. The summed E-state index contributed by atoms with van der Waals surface area (Å²) in [6.45, 7) is 0.677. The van der Waals surface area contributed by atoms with Crippen molar-refractivity contribution in [2.75, 3.05) is 25.0 Å². The summed E-state index contributed by atoms with van der Waals surface area (Å²) in [5.74, 6) is -0.128. The summed E-state index contributed by atoms with van der Waals surface area (Å²) in [6, 6.07) is 6.18. The van der Waals surface area contributed by atoms with Crippen LogP contribution in [-0.2, 0) is 24.3 Å². The van der Waals surface area contributed by atoms with E-state index in [0.717, 1.165) is 31.6 Å². The zero-order valence-corrected chi connectivity index (χ0v) is 18.3. The van der Waals surface area contributed by atoms with E-state index in [2.05, 4.69) is 5.32 Å². The molecule has 1 heterocycles. The number of anilines is 1. The summed E-state index contributed by atoms with van der Waals surface area (Å²) in [7, 11) is -3.55. The number of rotatable bonds is 9. The lowest BCUT2D eigenvalue weighted by Gasteiger charge is -2.20. The Bertz CT molecular complexity index is 828. The Kier molecular flexibility index (Phi) is 8.27. The van der Waals surface area contributed by atoms with Gasteiger partial charge in [0, 0.05) is 25.2 Å². The Labute approximate surface area is 179 Å². The van der Waals surface area contributed by atoms with E-state index < -0.39 is 15.9 Å². The molecule has 166 valence electrons. The van der Waals surface area contributed by atoms with Crippen molar-refractivity contribution in [3.05, 3.63) is 24.3 Å². The van der Waals surface area contributed by atoms with E-state index in [-0.39, 0.29) is 17.5 Å². The molecule has 2 fully saturated rings. The first-order valence-electron chi connectivity index (χ1n) is 11.0. The molecule has 0 atom stereocenters. The molecule has 1 N–H and O–H groups in total. The lowest BCUT2D eigenvalue weighted by molar-refractivity contribution is -0.147. The second kappa shape index (κ2) is 10.9. The molecule has 1 saturated carbocycles. The number of carbonyl (C=O) groups is 2. The number of nitrogens with one attached hydrogen (secondary N) is 1. The minimum absolute atomic E-state index is 0.155. The van der Waals surface area contributed by atoms with E-state index in [4.69, 9.17) is 4.74 Å². The zero-order chi connectivity index (χ0) is 21.4. The highest BCUT2D eigenvalue weighted by atomic mass is 32.2. The molecule has 0 aromatic heterocycles. The quantitative estimate of drug-likeness (QED) is 0.596. The second-order valence-corrected chi connectivity index (χ2v) is 10.2. The number of hydrogen-bond acceptors (Lipinski definition) is 5. The molecule has 8 heteroatoms. The highest BCUT2D eigenvalue weighted by molar-refractivity contribution is 7.89. The van der Waals surface area contributed by atoms with Gasteiger partial charge >= 0.3 is 5.97 Å². The average molecular weight is 437 g/mol. The number of sulfonamides is 1. The van der Waals surface area contributed by atoms with Crippen LogP contribution in [0.25, 0.3) is 0 Å². The first kappa shape index (κ1) is 22.7. The molecule has 0 spiro atoms. The largest absolute Gasteiger partial charge is 0.456 e. The van der Waals surface area contributed by atoms with Crippen molar-refractivity contribution in [3.63, 3.8) is 0 Å². The van der Waals surface area contributed by atoms with Crippen LogP contribution in [0.15, 0.2) is 29.2 Å². The molecule has 0 radical (unpaired) electrons. The number of nitrogens with zero attached hydrogens (tertiary/aromatic N) is 1. The molecule has 3 rings (SSSR count). The summed E-state index contributed by atoms with van der Waals surface area (Å²) in [5.41, 5.74) is 0.369. The van der Waals surface area contributed by atoms with Gasteiger partial charge in [0.2, 0.25) is 10.0 Å². The van der Waals surface area contributed by atoms with E-state index in [9.17, 15) is 18.0 Å². The van der Waals surface area contributed by atoms with Crippen LogP contribution >= 0.6 is 0 Å². The molecule has 2 aliphatic rings. The van der Waals surface area contributed by atoms with Crippen molar-refractivity contribution in [2.24, 2.45) is 5.92 Å². The topological polar surface area (TPSA) is 92.8 Å². The SMILES string of the molecule is O=C(COC(=O)CCCC1CCCCC1)Nc1cccc(S(=O)(=O)N2CCCC2)c1. The lowest BCUT2D eigenvalue weighted by Crippen LogP contribution is -2.28. The zero-order valence-electron chi connectivity index (χ0n) is 17.5. The first-order chi connectivity index (χ1) is 14.4. The van der Waals surface area contributed by atoms with E-state index in [1.54, 1.807) is 12.1 Å². The highest BCUT2D eigenvalue weighted by Crippen LogP contribution is 2.27. The standard InChI is InChI=1S/C22H32N2O5S/c25-21(17-29-22(26)13-6-10-18-8-2-1-3-9-18)23-19-11-7-12-20(16-19)30(27,28)24-14-4-5-15-24/h7,11-12,16,18H,1-6,8-10,13-15,17H2,(H,23,25). The third kappa shape index (κ3) is 6.54. The second-order valence-electron chi connectivity index (χ2n) is 8.24. The summed E-state index contributed by atoms with van der Waals surface area (Å²) >= 11 is 0. The number of amides is 1. The van der Waals surface area contributed by atoms with Gasteiger partial charge in [0.25, 0.3) is 5.91 Å². The van der Waals surface area contributed by atoms with Crippen LogP contribution in [0, 0.1) is 5.92 Å². The van der Waals surface area contributed by atoms with Crippen LogP contribution in [0.3, 0.4) is 0 Å². The van der Waals surface area contributed by atoms with E-state index >= 15 is 0 Å². The average Bonchev–Trinajstić information content (AvgIpc) is 3.29. The van der Waals surface area contributed by atoms with Crippen LogP contribution in [0.1, 0.15) is 64.2 Å². The van der Waals surface area contributed by atoms with Gasteiger partial charge in [-0.2, -0.15) is 4.31 Å². The summed E-state index contributed by atoms with van der Waals surface area (Å²) < 4.78 is 31.8. The first-order valence-corrected chi connectivity index (χ1v) is 12.4. The third-order valence-corrected chi connectivity index (χ3v) is 7.80. The minimum atomic E-state index is -3.55.